The minimum atomic E-state index is -0.813. The normalized spacial score (nSPS) is 13.6. The molecule has 3 heterocycles. The number of amides is 1. The van der Waals surface area contributed by atoms with Crippen molar-refractivity contribution in [3.8, 4) is 16.9 Å². The van der Waals surface area contributed by atoms with E-state index in [-0.39, 0.29) is 11.7 Å². The van der Waals surface area contributed by atoms with E-state index in [1.807, 2.05) is 88.5 Å². The first-order valence-corrected chi connectivity index (χ1v) is 15.4. The number of Topliss-reactive ketones (excluding diaryl/α,β-unsaturated/α-hetero) is 1. The van der Waals surface area contributed by atoms with E-state index < -0.39 is 11.7 Å². The number of nitrogens with zero attached hydrogens (tertiary/aromatic N) is 2. The van der Waals surface area contributed by atoms with Gasteiger partial charge in [0.2, 0.25) is 0 Å². The summed E-state index contributed by atoms with van der Waals surface area (Å²) in [5.74, 6) is 0.483. The Balaban J connectivity index is 1.52. The number of hydrogen-bond acceptors (Lipinski definition) is 7. The summed E-state index contributed by atoms with van der Waals surface area (Å²) in [5, 5.41) is 4.38. The molecule has 1 aliphatic rings. The summed E-state index contributed by atoms with van der Waals surface area (Å²) in [4.78, 5) is 36.2. The first-order chi connectivity index (χ1) is 20.6. The number of ether oxygens (including phenoxy) is 2. The zero-order valence-corrected chi connectivity index (χ0v) is 25.9. The Labute approximate surface area is 255 Å². The molecule has 1 atom stereocenters. The summed E-state index contributed by atoms with van der Waals surface area (Å²) >= 11 is 1.33. The average Bonchev–Trinajstić information content (AvgIpc) is 3.40. The van der Waals surface area contributed by atoms with Crippen molar-refractivity contribution in [2.24, 2.45) is 0 Å². The summed E-state index contributed by atoms with van der Waals surface area (Å²) in [6.07, 6.45) is 2.54. The Morgan fingerprint density at radius 2 is 1.91 bits per heavy atom. The molecule has 0 bridgehead atoms. The number of nitrogens with one attached hydrogen (secondary N) is 1. The second-order valence-electron chi connectivity index (χ2n) is 12.0. The second kappa shape index (κ2) is 11.5. The van der Waals surface area contributed by atoms with Crippen LogP contribution in [0.25, 0.3) is 32.2 Å². The summed E-state index contributed by atoms with van der Waals surface area (Å²) in [6.45, 7) is 10.5. The first kappa shape index (κ1) is 29.0. The predicted octanol–water partition coefficient (Wildman–Crippen LogP) is 7.17. The van der Waals surface area contributed by atoms with Crippen molar-refractivity contribution < 1.29 is 19.1 Å². The number of ketones is 1. The molecule has 0 fully saturated rings. The maximum absolute atomic E-state index is 13.3. The summed E-state index contributed by atoms with van der Waals surface area (Å²) in [5.41, 5.74) is 6.57. The fraction of sp³-hybridized carbons (Fsp3) is 0.314. The molecule has 5 aromatic rings. The maximum atomic E-state index is 13.3. The lowest BCUT2D eigenvalue weighted by Gasteiger charge is -2.29. The molecule has 0 aliphatic carbocycles. The number of aryl methyl sites for hydroxylation is 1. The highest BCUT2D eigenvalue weighted by Gasteiger charge is 2.32. The van der Waals surface area contributed by atoms with Gasteiger partial charge in [-0.25, -0.2) is 4.98 Å². The molecule has 220 valence electrons. The molecule has 2 aromatic heterocycles. The standard InChI is InChI=1S/C35H35N3O4S/c1-20-19-25-32(43-34(38-25)33(40)37-16-13-22-9-7-6-8-10-22)29(27(20)31(21(2)39)42-35(3,4)5)24-11-12-26-28-23(15-18-41-26)14-17-36-30(24)28/h6-12,14,17,19,31H,13,15-16,18H2,1-5H3,(H,37,40)/t31-/m1/s1. The minimum absolute atomic E-state index is 0.0963. The van der Waals surface area contributed by atoms with Gasteiger partial charge in [-0.1, -0.05) is 30.3 Å². The van der Waals surface area contributed by atoms with Gasteiger partial charge in [0.05, 0.1) is 27.9 Å². The molecular formula is C35H35N3O4S. The van der Waals surface area contributed by atoms with Crippen LogP contribution in [0.2, 0.25) is 0 Å². The molecule has 6 rings (SSSR count). The van der Waals surface area contributed by atoms with Gasteiger partial charge in [0, 0.05) is 41.2 Å². The Hall–Kier alpha value is -4.14. The van der Waals surface area contributed by atoms with Crippen molar-refractivity contribution in [1.29, 1.82) is 0 Å². The molecule has 3 aromatic carbocycles. The number of benzene rings is 3. The van der Waals surface area contributed by atoms with Crippen LogP contribution < -0.4 is 10.1 Å². The molecule has 0 radical (unpaired) electrons. The number of thiazole rings is 1. The summed E-state index contributed by atoms with van der Waals surface area (Å²) < 4.78 is 13.2. The van der Waals surface area contributed by atoms with Crippen LogP contribution in [0.5, 0.6) is 5.75 Å². The largest absolute Gasteiger partial charge is 0.493 e. The van der Waals surface area contributed by atoms with Crippen molar-refractivity contribution in [3.05, 3.63) is 88.1 Å². The van der Waals surface area contributed by atoms with Gasteiger partial charge in [0.15, 0.2) is 10.8 Å². The van der Waals surface area contributed by atoms with Crippen LogP contribution in [0.3, 0.4) is 0 Å². The monoisotopic (exact) mass is 593 g/mol. The zero-order chi connectivity index (χ0) is 30.3. The zero-order valence-electron chi connectivity index (χ0n) is 25.1. The van der Waals surface area contributed by atoms with Gasteiger partial charge in [-0.2, -0.15) is 0 Å². The van der Waals surface area contributed by atoms with Crippen LogP contribution in [-0.2, 0) is 22.4 Å². The predicted molar refractivity (Wildman–Crippen MR) is 171 cm³/mol. The highest BCUT2D eigenvalue weighted by atomic mass is 32.1. The van der Waals surface area contributed by atoms with E-state index in [1.165, 1.54) is 16.9 Å². The van der Waals surface area contributed by atoms with Gasteiger partial charge in [-0.3, -0.25) is 14.6 Å². The molecule has 43 heavy (non-hydrogen) atoms. The fourth-order valence-electron chi connectivity index (χ4n) is 5.76. The highest BCUT2D eigenvalue weighted by molar-refractivity contribution is 7.20. The highest BCUT2D eigenvalue weighted by Crippen LogP contribution is 2.46. The molecule has 0 spiro atoms. The fourth-order valence-corrected chi connectivity index (χ4v) is 6.79. The smallest absolute Gasteiger partial charge is 0.280 e. The van der Waals surface area contributed by atoms with Gasteiger partial charge in [0.25, 0.3) is 5.91 Å². The molecule has 1 N–H and O–H groups in total. The molecule has 0 saturated carbocycles. The molecule has 1 aliphatic heterocycles. The summed E-state index contributed by atoms with van der Waals surface area (Å²) in [7, 11) is 0. The SMILES string of the molecule is CC(=O)[C@@H](OC(C)(C)C)c1c(C)cc2nc(C(=O)NCCc3ccccc3)sc2c1-c1ccc2c3c(ccnc13)CCO2. The van der Waals surface area contributed by atoms with Gasteiger partial charge >= 0.3 is 0 Å². The van der Waals surface area contributed by atoms with Crippen molar-refractivity contribution in [2.75, 3.05) is 13.2 Å². The van der Waals surface area contributed by atoms with Crippen LogP contribution in [-0.4, -0.2) is 40.4 Å². The quantitative estimate of drug-likeness (QED) is 0.205. The Morgan fingerprint density at radius 3 is 2.65 bits per heavy atom. The van der Waals surface area contributed by atoms with Crippen LogP contribution in [0.15, 0.2) is 60.8 Å². The van der Waals surface area contributed by atoms with Crippen molar-refractivity contribution in [1.82, 2.24) is 15.3 Å². The molecule has 7 nitrogen and oxygen atoms in total. The van der Waals surface area contributed by atoms with E-state index in [4.69, 9.17) is 19.4 Å². The lowest BCUT2D eigenvalue weighted by atomic mass is 9.88. The van der Waals surface area contributed by atoms with Crippen LogP contribution in [0.4, 0.5) is 0 Å². The number of fused-ring (bicyclic) bond motifs is 1. The summed E-state index contributed by atoms with van der Waals surface area (Å²) in [6, 6.07) is 18.0. The minimum Gasteiger partial charge on any atom is -0.493 e. The van der Waals surface area contributed by atoms with Gasteiger partial charge in [0.1, 0.15) is 11.9 Å². The molecular weight excluding hydrogens is 558 g/mol. The Morgan fingerprint density at radius 1 is 1.12 bits per heavy atom. The molecule has 0 saturated heterocycles. The molecule has 8 heteroatoms. The van der Waals surface area contributed by atoms with E-state index in [1.54, 1.807) is 6.92 Å². The first-order valence-electron chi connectivity index (χ1n) is 14.6. The number of aromatic nitrogens is 2. The van der Waals surface area contributed by atoms with Gasteiger partial charge < -0.3 is 14.8 Å². The molecule has 1 amide bonds. The number of carbonyl (C=O) groups excluding carboxylic acids is 2. The van der Waals surface area contributed by atoms with E-state index >= 15 is 0 Å². The maximum Gasteiger partial charge on any atom is 0.280 e. The number of hydrogen-bond donors (Lipinski definition) is 1. The number of rotatable bonds is 8. The van der Waals surface area contributed by atoms with E-state index in [2.05, 4.69) is 5.32 Å². The lowest BCUT2D eigenvalue weighted by molar-refractivity contribution is -0.138. The van der Waals surface area contributed by atoms with E-state index in [0.29, 0.717) is 23.7 Å². The van der Waals surface area contributed by atoms with E-state index in [9.17, 15) is 9.59 Å². The van der Waals surface area contributed by atoms with Crippen LogP contribution in [0, 0.1) is 6.92 Å². The van der Waals surface area contributed by atoms with Crippen LogP contribution in [0.1, 0.15) is 65.9 Å². The topological polar surface area (TPSA) is 90.4 Å². The number of pyridine rings is 1. The van der Waals surface area contributed by atoms with E-state index in [0.717, 1.165) is 62.0 Å². The van der Waals surface area contributed by atoms with Crippen LogP contribution >= 0.6 is 11.3 Å². The average molecular weight is 594 g/mol. The Bertz CT molecular complexity index is 1850. The van der Waals surface area contributed by atoms with Crippen molar-refractivity contribution in [2.45, 2.75) is 59.2 Å². The number of carbonyl (C=O) groups is 2. The lowest BCUT2D eigenvalue weighted by Crippen LogP contribution is -2.27. The van der Waals surface area contributed by atoms with Gasteiger partial charge in [-0.15, -0.1) is 11.3 Å². The van der Waals surface area contributed by atoms with Crippen molar-refractivity contribution in [3.63, 3.8) is 0 Å². The van der Waals surface area contributed by atoms with Gasteiger partial charge in [-0.05, 0) is 82.0 Å². The third kappa shape index (κ3) is 5.77. The third-order valence-corrected chi connectivity index (χ3v) is 8.69. The molecule has 0 unspecified atom stereocenters. The third-order valence-electron chi connectivity index (χ3n) is 7.61. The Kier molecular flexibility index (Phi) is 7.75. The van der Waals surface area contributed by atoms with Crippen molar-refractivity contribution >= 4 is 44.1 Å². The second-order valence-corrected chi connectivity index (χ2v) is 13.0.